The van der Waals surface area contributed by atoms with Crippen molar-refractivity contribution in [1.82, 2.24) is 0 Å². The van der Waals surface area contributed by atoms with Crippen molar-refractivity contribution in [2.24, 2.45) is 11.8 Å². The van der Waals surface area contributed by atoms with Crippen molar-refractivity contribution in [3.63, 3.8) is 0 Å². The number of aliphatic carboxylic acids is 1. The minimum atomic E-state index is -0.630. The van der Waals surface area contributed by atoms with E-state index in [-0.39, 0.29) is 5.92 Å². The average Bonchev–Trinajstić information content (AvgIpc) is 2.36. The molecule has 2 nitrogen and oxygen atoms in total. The van der Waals surface area contributed by atoms with Gasteiger partial charge in [-0.15, -0.1) is 6.58 Å². The van der Waals surface area contributed by atoms with Crippen LogP contribution in [0, 0.1) is 11.8 Å². The summed E-state index contributed by atoms with van der Waals surface area (Å²) in [6.45, 7) is 3.63. The molecular formula is C9H14O2. The second-order valence-electron chi connectivity index (χ2n) is 3.16. The van der Waals surface area contributed by atoms with E-state index in [4.69, 9.17) is 5.11 Å². The molecule has 1 aliphatic rings. The monoisotopic (exact) mass is 154 g/mol. The lowest BCUT2D eigenvalue weighted by molar-refractivity contribution is -0.142. The van der Waals surface area contributed by atoms with Crippen molar-refractivity contribution >= 4 is 5.97 Å². The van der Waals surface area contributed by atoms with Gasteiger partial charge in [0.1, 0.15) is 0 Å². The van der Waals surface area contributed by atoms with Gasteiger partial charge in [0.2, 0.25) is 0 Å². The van der Waals surface area contributed by atoms with Gasteiger partial charge in [-0.05, 0) is 25.2 Å². The Kier molecular flexibility index (Phi) is 2.69. The van der Waals surface area contributed by atoms with E-state index in [1.807, 2.05) is 6.08 Å². The Labute approximate surface area is 66.9 Å². The zero-order valence-electron chi connectivity index (χ0n) is 6.62. The first-order valence-corrected chi connectivity index (χ1v) is 4.09. The lowest BCUT2D eigenvalue weighted by Gasteiger charge is -2.12. The van der Waals surface area contributed by atoms with E-state index in [1.54, 1.807) is 0 Å². The van der Waals surface area contributed by atoms with Gasteiger partial charge in [-0.1, -0.05) is 12.5 Å². The molecule has 0 aliphatic heterocycles. The SMILES string of the molecule is C=CCC1CCCC1C(=O)O. The van der Waals surface area contributed by atoms with E-state index < -0.39 is 5.97 Å². The Bertz CT molecular complexity index is 163. The van der Waals surface area contributed by atoms with Crippen molar-refractivity contribution in [2.75, 3.05) is 0 Å². The minimum absolute atomic E-state index is 0.104. The maximum atomic E-state index is 10.7. The Hall–Kier alpha value is -0.790. The molecule has 11 heavy (non-hydrogen) atoms. The summed E-state index contributed by atoms with van der Waals surface area (Å²) in [7, 11) is 0. The van der Waals surface area contributed by atoms with E-state index in [9.17, 15) is 4.79 Å². The normalized spacial score (nSPS) is 30.2. The molecule has 1 aliphatic carbocycles. The molecule has 1 rings (SSSR count). The van der Waals surface area contributed by atoms with Crippen molar-refractivity contribution in [3.05, 3.63) is 12.7 Å². The Balaban J connectivity index is 2.50. The third kappa shape index (κ3) is 1.82. The fourth-order valence-electron chi connectivity index (χ4n) is 1.86. The molecule has 2 unspecified atom stereocenters. The van der Waals surface area contributed by atoms with Gasteiger partial charge in [-0.25, -0.2) is 0 Å². The van der Waals surface area contributed by atoms with Gasteiger partial charge < -0.3 is 5.11 Å². The standard InChI is InChI=1S/C9H14O2/c1-2-4-7-5-3-6-8(7)9(10)11/h2,7-8H,1,3-6H2,(H,10,11). The molecule has 0 radical (unpaired) electrons. The Morgan fingerprint density at radius 1 is 1.64 bits per heavy atom. The number of hydrogen-bond acceptors (Lipinski definition) is 1. The van der Waals surface area contributed by atoms with Gasteiger partial charge in [0.25, 0.3) is 0 Å². The number of rotatable bonds is 3. The summed E-state index contributed by atoms with van der Waals surface area (Å²) in [6, 6.07) is 0. The van der Waals surface area contributed by atoms with Crippen LogP contribution in [0.4, 0.5) is 0 Å². The van der Waals surface area contributed by atoms with E-state index in [0.717, 1.165) is 25.7 Å². The summed E-state index contributed by atoms with van der Waals surface area (Å²) in [6.07, 6.45) is 5.66. The van der Waals surface area contributed by atoms with Crippen LogP contribution in [0.25, 0.3) is 0 Å². The quantitative estimate of drug-likeness (QED) is 0.632. The molecular weight excluding hydrogens is 140 g/mol. The lowest BCUT2D eigenvalue weighted by Crippen LogP contribution is -2.17. The first-order chi connectivity index (χ1) is 5.25. The van der Waals surface area contributed by atoms with Gasteiger partial charge in [0.05, 0.1) is 5.92 Å². The first-order valence-electron chi connectivity index (χ1n) is 4.09. The van der Waals surface area contributed by atoms with Gasteiger partial charge in [-0.3, -0.25) is 4.79 Å². The summed E-state index contributed by atoms with van der Waals surface area (Å²) in [4.78, 5) is 10.7. The molecule has 0 amide bonds. The average molecular weight is 154 g/mol. The fourth-order valence-corrected chi connectivity index (χ4v) is 1.86. The second-order valence-corrected chi connectivity index (χ2v) is 3.16. The molecule has 0 saturated heterocycles. The molecule has 0 aromatic rings. The van der Waals surface area contributed by atoms with Crippen LogP contribution in [0.15, 0.2) is 12.7 Å². The highest BCUT2D eigenvalue weighted by atomic mass is 16.4. The summed E-state index contributed by atoms with van der Waals surface area (Å²) in [5.41, 5.74) is 0. The van der Waals surface area contributed by atoms with Crippen LogP contribution >= 0.6 is 0 Å². The van der Waals surface area contributed by atoms with Crippen LogP contribution in [-0.2, 0) is 4.79 Å². The highest BCUT2D eigenvalue weighted by Crippen LogP contribution is 2.34. The molecule has 62 valence electrons. The largest absolute Gasteiger partial charge is 0.481 e. The smallest absolute Gasteiger partial charge is 0.306 e. The van der Waals surface area contributed by atoms with E-state index in [2.05, 4.69) is 6.58 Å². The van der Waals surface area contributed by atoms with Crippen LogP contribution in [-0.4, -0.2) is 11.1 Å². The third-order valence-electron chi connectivity index (χ3n) is 2.45. The van der Waals surface area contributed by atoms with E-state index in [1.165, 1.54) is 0 Å². The predicted molar refractivity (Wildman–Crippen MR) is 43.3 cm³/mol. The van der Waals surface area contributed by atoms with Gasteiger partial charge in [0, 0.05) is 0 Å². The van der Waals surface area contributed by atoms with Crippen LogP contribution in [0.3, 0.4) is 0 Å². The highest BCUT2D eigenvalue weighted by molar-refractivity contribution is 5.70. The number of carboxylic acid groups (broad SMARTS) is 1. The molecule has 1 fully saturated rings. The molecule has 0 heterocycles. The number of allylic oxidation sites excluding steroid dienone is 1. The number of hydrogen-bond donors (Lipinski definition) is 1. The Morgan fingerprint density at radius 3 is 2.91 bits per heavy atom. The van der Waals surface area contributed by atoms with Gasteiger partial charge >= 0.3 is 5.97 Å². The first kappa shape index (κ1) is 8.31. The van der Waals surface area contributed by atoms with Crippen molar-refractivity contribution < 1.29 is 9.90 Å². The molecule has 2 atom stereocenters. The van der Waals surface area contributed by atoms with E-state index >= 15 is 0 Å². The molecule has 0 aromatic carbocycles. The summed E-state index contributed by atoms with van der Waals surface area (Å²) in [5.74, 6) is -0.382. The molecule has 0 aromatic heterocycles. The Morgan fingerprint density at radius 2 is 2.36 bits per heavy atom. The molecule has 1 N–H and O–H groups in total. The van der Waals surface area contributed by atoms with Gasteiger partial charge in [0.15, 0.2) is 0 Å². The zero-order valence-corrected chi connectivity index (χ0v) is 6.62. The molecule has 1 saturated carbocycles. The van der Waals surface area contributed by atoms with Crippen LogP contribution < -0.4 is 0 Å². The lowest BCUT2D eigenvalue weighted by atomic mass is 9.93. The molecule has 0 spiro atoms. The maximum Gasteiger partial charge on any atom is 0.306 e. The number of carboxylic acids is 1. The highest BCUT2D eigenvalue weighted by Gasteiger charge is 2.31. The molecule has 0 bridgehead atoms. The molecule has 2 heteroatoms. The second kappa shape index (κ2) is 3.56. The van der Waals surface area contributed by atoms with Gasteiger partial charge in [-0.2, -0.15) is 0 Å². The van der Waals surface area contributed by atoms with Crippen molar-refractivity contribution in [2.45, 2.75) is 25.7 Å². The topological polar surface area (TPSA) is 37.3 Å². The van der Waals surface area contributed by atoms with Crippen LogP contribution in [0.5, 0.6) is 0 Å². The maximum absolute atomic E-state index is 10.7. The zero-order chi connectivity index (χ0) is 8.27. The summed E-state index contributed by atoms with van der Waals surface area (Å²) >= 11 is 0. The summed E-state index contributed by atoms with van der Waals surface area (Å²) < 4.78 is 0. The van der Waals surface area contributed by atoms with E-state index in [0.29, 0.717) is 5.92 Å². The minimum Gasteiger partial charge on any atom is -0.481 e. The van der Waals surface area contributed by atoms with Crippen molar-refractivity contribution in [3.8, 4) is 0 Å². The predicted octanol–water partition coefficient (Wildman–Crippen LogP) is 2.06. The number of carbonyl (C=O) groups is 1. The third-order valence-corrected chi connectivity index (χ3v) is 2.45. The fraction of sp³-hybridized carbons (Fsp3) is 0.667. The summed E-state index contributed by atoms with van der Waals surface area (Å²) in [5, 5.41) is 8.78. The van der Waals surface area contributed by atoms with Crippen LogP contribution in [0.2, 0.25) is 0 Å². The van der Waals surface area contributed by atoms with Crippen LogP contribution in [0.1, 0.15) is 25.7 Å². The van der Waals surface area contributed by atoms with Crippen molar-refractivity contribution in [1.29, 1.82) is 0 Å².